The minimum absolute atomic E-state index is 0.0173. The lowest BCUT2D eigenvalue weighted by Crippen LogP contribution is -2.34. The van der Waals surface area contributed by atoms with E-state index in [4.69, 9.17) is 4.74 Å². The Bertz CT molecular complexity index is 916. The zero-order valence-corrected chi connectivity index (χ0v) is 17.7. The molecule has 8 heteroatoms. The number of carbonyl (C=O) groups excluding carboxylic acids is 2. The van der Waals surface area contributed by atoms with Crippen molar-refractivity contribution in [1.82, 2.24) is 4.90 Å². The normalized spacial score (nSPS) is 17.4. The van der Waals surface area contributed by atoms with E-state index in [1.54, 1.807) is 4.90 Å². The van der Waals surface area contributed by atoms with Crippen molar-refractivity contribution in [2.24, 2.45) is 4.99 Å². The maximum absolute atomic E-state index is 13.0. The van der Waals surface area contributed by atoms with E-state index in [9.17, 15) is 14.0 Å². The van der Waals surface area contributed by atoms with E-state index in [1.807, 2.05) is 38.1 Å². The van der Waals surface area contributed by atoms with Crippen molar-refractivity contribution < 1.29 is 18.7 Å². The van der Waals surface area contributed by atoms with E-state index in [2.05, 4.69) is 10.3 Å². The van der Waals surface area contributed by atoms with Gasteiger partial charge in [0.2, 0.25) is 11.8 Å². The first-order valence-electron chi connectivity index (χ1n) is 9.85. The Hall–Kier alpha value is -2.87. The van der Waals surface area contributed by atoms with Crippen LogP contribution in [0.3, 0.4) is 0 Å². The number of halogens is 1. The molecule has 0 spiro atoms. The van der Waals surface area contributed by atoms with Gasteiger partial charge in [0.1, 0.15) is 16.8 Å². The maximum atomic E-state index is 13.0. The zero-order valence-electron chi connectivity index (χ0n) is 16.9. The van der Waals surface area contributed by atoms with Crippen molar-refractivity contribution in [2.45, 2.75) is 31.9 Å². The van der Waals surface area contributed by atoms with Crippen molar-refractivity contribution in [3.63, 3.8) is 0 Å². The van der Waals surface area contributed by atoms with Crippen LogP contribution < -0.4 is 10.1 Å². The molecule has 0 saturated carbocycles. The number of amidine groups is 1. The number of hydrogen-bond donors (Lipinski definition) is 1. The van der Waals surface area contributed by atoms with Gasteiger partial charge >= 0.3 is 0 Å². The number of carbonyl (C=O) groups is 2. The fraction of sp³-hybridized carbons (Fsp3) is 0.318. The molecule has 0 aliphatic carbocycles. The van der Waals surface area contributed by atoms with Gasteiger partial charge in [-0.1, -0.05) is 18.7 Å². The molecule has 0 aromatic heterocycles. The van der Waals surface area contributed by atoms with E-state index < -0.39 is 5.25 Å². The average molecular weight is 430 g/mol. The third-order valence-corrected chi connectivity index (χ3v) is 5.51. The summed E-state index contributed by atoms with van der Waals surface area (Å²) in [6, 6.07) is 12.9. The topological polar surface area (TPSA) is 71.0 Å². The minimum Gasteiger partial charge on any atom is -0.494 e. The van der Waals surface area contributed by atoms with Gasteiger partial charge in [0, 0.05) is 18.7 Å². The Kier molecular flexibility index (Phi) is 7.46. The molecule has 6 nitrogen and oxygen atoms in total. The van der Waals surface area contributed by atoms with E-state index in [1.165, 1.54) is 36.0 Å². The highest BCUT2D eigenvalue weighted by Gasteiger charge is 2.38. The summed E-state index contributed by atoms with van der Waals surface area (Å²) in [5.74, 6) is -0.0377. The molecule has 1 unspecified atom stereocenters. The quantitative estimate of drug-likeness (QED) is 0.666. The van der Waals surface area contributed by atoms with E-state index in [0.29, 0.717) is 29.7 Å². The van der Waals surface area contributed by atoms with E-state index in [0.717, 1.165) is 12.2 Å². The SMILES string of the molecule is CCCN1C(=O)C(CC(=O)Nc2ccc(F)cc2)SC1=Nc1ccc(OCC)cc1. The number of ether oxygens (including phenoxy) is 1. The average Bonchev–Trinajstić information content (AvgIpc) is 3.00. The third-order valence-electron chi connectivity index (χ3n) is 4.34. The predicted octanol–water partition coefficient (Wildman–Crippen LogP) is 4.59. The number of nitrogens with one attached hydrogen (secondary N) is 1. The monoisotopic (exact) mass is 429 g/mol. The van der Waals surface area contributed by atoms with Crippen LogP contribution in [0.5, 0.6) is 5.75 Å². The van der Waals surface area contributed by atoms with Gasteiger partial charge < -0.3 is 10.1 Å². The lowest BCUT2D eigenvalue weighted by atomic mass is 10.2. The molecule has 2 amide bonds. The van der Waals surface area contributed by atoms with Gasteiger partial charge in [0.05, 0.1) is 12.3 Å². The molecule has 3 rings (SSSR count). The molecule has 2 aromatic rings. The summed E-state index contributed by atoms with van der Waals surface area (Å²) in [4.78, 5) is 31.5. The summed E-state index contributed by atoms with van der Waals surface area (Å²) in [6.07, 6.45) is 0.798. The Morgan fingerprint density at radius 1 is 1.17 bits per heavy atom. The van der Waals surface area contributed by atoms with Crippen molar-refractivity contribution in [1.29, 1.82) is 0 Å². The van der Waals surface area contributed by atoms with Crippen molar-refractivity contribution in [2.75, 3.05) is 18.5 Å². The molecule has 0 bridgehead atoms. The Morgan fingerprint density at radius 3 is 2.50 bits per heavy atom. The fourth-order valence-corrected chi connectivity index (χ4v) is 4.15. The lowest BCUT2D eigenvalue weighted by molar-refractivity contribution is -0.128. The van der Waals surface area contributed by atoms with Crippen LogP contribution in [0.2, 0.25) is 0 Å². The van der Waals surface area contributed by atoms with Crippen LogP contribution in [0.15, 0.2) is 53.5 Å². The highest BCUT2D eigenvalue weighted by molar-refractivity contribution is 8.15. The number of amides is 2. The Balaban J connectivity index is 1.70. The summed E-state index contributed by atoms with van der Waals surface area (Å²) < 4.78 is 18.5. The fourth-order valence-electron chi connectivity index (χ4n) is 2.96. The number of anilines is 1. The molecule has 1 atom stereocenters. The van der Waals surface area contributed by atoms with Crippen LogP contribution in [0.1, 0.15) is 26.7 Å². The van der Waals surface area contributed by atoms with E-state index in [-0.39, 0.29) is 24.1 Å². The molecule has 0 radical (unpaired) electrons. The Labute approximate surface area is 179 Å². The lowest BCUT2D eigenvalue weighted by Gasteiger charge is -2.15. The molecule has 1 fully saturated rings. The molecule has 1 heterocycles. The zero-order chi connectivity index (χ0) is 21.5. The number of thioether (sulfide) groups is 1. The molecular formula is C22H24FN3O3S. The molecule has 1 saturated heterocycles. The van der Waals surface area contributed by atoms with Crippen molar-refractivity contribution in [3.8, 4) is 5.75 Å². The first-order chi connectivity index (χ1) is 14.5. The molecule has 30 heavy (non-hydrogen) atoms. The summed E-state index contributed by atoms with van der Waals surface area (Å²) in [6.45, 7) is 5.03. The third kappa shape index (κ3) is 5.60. The smallest absolute Gasteiger partial charge is 0.242 e. The van der Waals surface area contributed by atoms with Gasteiger partial charge in [-0.3, -0.25) is 14.5 Å². The summed E-state index contributed by atoms with van der Waals surface area (Å²) >= 11 is 1.29. The van der Waals surface area contributed by atoms with Crippen LogP contribution in [-0.4, -0.2) is 40.3 Å². The maximum Gasteiger partial charge on any atom is 0.242 e. The predicted molar refractivity (Wildman–Crippen MR) is 118 cm³/mol. The van der Waals surface area contributed by atoms with Crippen LogP contribution in [0, 0.1) is 5.82 Å². The summed E-state index contributed by atoms with van der Waals surface area (Å²) in [5, 5.41) is 2.75. The van der Waals surface area contributed by atoms with Crippen LogP contribution in [-0.2, 0) is 9.59 Å². The van der Waals surface area contributed by atoms with E-state index >= 15 is 0 Å². The van der Waals surface area contributed by atoms with Gasteiger partial charge in [-0.25, -0.2) is 9.38 Å². The van der Waals surface area contributed by atoms with Crippen molar-refractivity contribution in [3.05, 3.63) is 54.3 Å². The molecular weight excluding hydrogens is 405 g/mol. The van der Waals surface area contributed by atoms with Gasteiger partial charge in [0.15, 0.2) is 5.17 Å². The number of nitrogens with zero attached hydrogens (tertiary/aromatic N) is 2. The second kappa shape index (κ2) is 10.2. The minimum atomic E-state index is -0.543. The number of hydrogen-bond acceptors (Lipinski definition) is 5. The number of benzene rings is 2. The Morgan fingerprint density at radius 2 is 1.87 bits per heavy atom. The van der Waals surface area contributed by atoms with Gasteiger partial charge in [-0.15, -0.1) is 0 Å². The standard InChI is InChI=1S/C22H24FN3O3S/c1-3-13-26-21(28)19(14-20(27)24-16-7-5-15(23)6-8-16)30-22(26)25-17-9-11-18(12-10-17)29-4-2/h5-12,19H,3-4,13-14H2,1-2H3,(H,24,27). The summed E-state index contributed by atoms with van der Waals surface area (Å²) in [5.41, 5.74) is 1.21. The number of aliphatic imine (C=N–C) groups is 1. The largest absolute Gasteiger partial charge is 0.494 e. The van der Waals surface area contributed by atoms with Crippen LogP contribution in [0.25, 0.3) is 0 Å². The van der Waals surface area contributed by atoms with Gasteiger partial charge in [0.25, 0.3) is 0 Å². The summed E-state index contributed by atoms with van der Waals surface area (Å²) in [7, 11) is 0. The first-order valence-corrected chi connectivity index (χ1v) is 10.7. The number of rotatable bonds is 8. The molecule has 1 aliphatic rings. The highest BCUT2D eigenvalue weighted by atomic mass is 32.2. The van der Waals surface area contributed by atoms with Crippen molar-refractivity contribution >= 4 is 40.1 Å². The van der Waals surface area contributed by atoms with Gasteiger partial charge in [-0.05, 0) is 61.9 Å². The van der Waals surface area contributed by atoms with Gasteiger partial charge in [-0.2, -0.15) is 0 Å². The molecule has 1 aliphatic heterocycles. The van der Waals surface area contributed by atoms with Crippen LogP contribution in [0.4, 0.5) is 15.8 Å². The molecule has 158 valence electrons. The first kappa shape index (κ1) is 21.8. The second-order valence-electron chi connectivity index (χ2n) is 6.68. The van der Waals surface area contributed by atoms with Crippen LogP contribution >= 0.6 is 11.8 Å². The molecule has 1 N–H and O–H groups in total. The second-order valence-corrected chi connectivity index (χ2v) is 7.85. The molecule has 2 aromatic carbocycles. The highest BCUT2D eigenvalue weighted by Crippen LogP contribution is 2.32.